The summed E-state index contributed by atoms with van der Waals surface area (Å²) in [6.07, 6.45) is -3.93. The summed E-state index contributed by atoms with van der Waals surface area (Å²) >= 11 is 5.35. The summed E-state index contributed by atoms with van der Waals surface area (Å²) in [6, 6.07) is 0. The van der Waals surface area contributed by atoms with Gasteiger partial charge in [-0.15, -0.1) is 0 Å². The van der Waals surface area contributed by atoms with Gasteiger partial charge in [0.1, 0.15) is 18.5 Å². The van der Waals surface area contributed by atoms with Gasteiger partial charge in [0.25, 0.3) is 0 Å². The van der Waals surface area contributed by atoms with Gasteiger partial charge in [0.15, 0.2) is 11.8 Å². The summed E-state index contributed by atoms with van der Waals surface area (Å²) in [5, 5.41) is 21.9. The lowest BCUT2D eigenvalue weighted by molar-refractivity contribution is -0.0782. The molecule has 1 aromatic rings. The fraction of sp³-hybridized carbons (Fsp3) is 0.545. The van der Waals surface area contributed by atoms with Crippen molar-refractivity contribution in [3.8, 4) is 11.3 Å². The number of H-pyrrole nitrogens is 1. The molecule has 1 saturated heterocycles. The lowest BCUT2D eigenvalue weighted by Gasteiger charge is -2.27. The Morgan fingerprint density at radius 1 is 1.67 bits per heavy atom. The van der Waals surface area contributed by atoms with E-state index >= 15 is 0 Å². The Morgan fingerprint density at radius 2 is 2.33 bits per heavy atom. The number of ether oxygens (including phenoxy) is 1. The average molecular weight is 317 g/mol. The van der Waals surface area contributed by atoms with Crippen molar-refractivity contribution in [1.82, 2.24) is 14.5 Å². The number of hydrogen-bond donors (Lipinski definition) is 4. The quantitative estimate of drug-likeness (QED) is 0.440. The van der Waals surface area contributed by atoms with E-state index in [0.717, 1.165) is 10.9 Å². The smallest absolute Gasteiger partial charge is 0.350 e. The van der Waals surface area contributed by atoms with E-state index < -0.39 is 41.5 Å². The molecule has 1 fully saturated rings. The fourth-order valence-electron chi connectivity index (χ4n) is 2.17. The van der Waals surface area contributed by atoms with Crippen LogP contribution >= 0.6 is 11.6 Å². The molecule has 0 saturated carbocycles. The second kappa shape index (κ2) is 5.59. The molecular formula is C11H13ClN4O5. The van der Waals surface area contributed by atoms with Crippen LogP contribution < -0.4 is 17.1 Å². The van der Waals surface area contributed by atoms with Crippen LogP contribution in [0.25, 0.3) is 0 Å². The highest BCUT2D eigenvalue weighted by atomic mass is 35.5. The second-order valence-electron chi connectivity index (χ2n) is 4.68. The lowest BCUT2D eigenvalue weighted by atomic mass is 9.90. The van der Waals surface area contributed by atoms with Gasteiger partial charge in [0.05, 0.1) is 6.10 Å². The molecule has 5 N–H and O–H groups in total. The van der Waals surface area contributed by atoms with Crippen molar-refractivity contribution in [2.45, 2.75) is 37.0 Å². The molecule has 1 unspecified atom stereocenters. The highest BCUT2D eigenvalue weighted by molar-refractivity contribution is 6.30. The van der Waals surface area contributed by atoms with Crippen LogP contribution in [0.15, 0.2) is 15.9 Å². The van der Waals surface area contributed by atoms with Crippen LogP contribution in [0.3, 0.4) is 0 Å². The number of aliphatic hydroxyl groups excluding tert-OH is 2. The van der Waals surface area contributed by atoms with Gasteiger partial charge in [-0.1, -0.05) is 5.92 Å². The molecule has 2 heterocycles. The first-order chi connectivity index (χ1) is 9.81. The van der Waals surface area contributed by atoms with Crippen molar-refractivity contribution < 1.29 is 14.9 Å². The number of nitrogens with zero attached hydrogens (tertiary/aromatic N) is 2. The van der Waals surface area contributed by atoms with Crippen molar-refractivity contribution in [2.75, 3.05) is 0 Å². The van der Waals surface area contributed by atoms with E-state index in [9.17, 15) is 19.8 Å². The van der Waals surface area contributed by atoms with E-state index in [4.69, 9.17) is 22.1 Å². The van der Waals surface area contributed by atoms with Gasteiger partial charge < -0.3 is 20.7 Å². The summed E-state index contributed by atoms with van der Waals surface area (Å²) in [7, 11) is 0. The first kappa shape index (κ1) is 15.7. The third-order valence-corrected chi connectivity index (χ3v) is 3.33. The molecule has 21 heavy (non-hydrogen) atoms. The van der Waals surface area contributed by atoms with Gasteiger partial charge in [-0.2, -0.15) is 4.98 Å². The number of hydrogen-bond acceptors (Lipinski definition) is 7. The molecule has 1 aromatic heterocycles. The third kappa shape index (κ3) is 2.59. The summed E-state index contributed by atoms with van der Waals surface area (Å²) in [4.78, 5) is 28.1. The summed E-state index contributed by atoms with van der Waals surface area (Å²) in [5.41, 5.74) is 2.56. The Labute approximate surface area is 123 Å². The van der Waals surface area contributed by atoms with Crippen LogP contribution in [0, 0.1) is 11.3 Å². The molecule has 2 rings (SSSR count). The Kier molecular flexibility index (Phi) is 4.18. The molecule has 9 nitrogen and oxygen atoms in total. The molecule has 1 aliphatic rings. The van der Waals surface area contributed by atoms with Gasteiger partial charge in [0.2, 0.25) is 0 Å². The van der Waals surface area contributed by atoms with E-state index in [2.05, 4.69) is 10.9 Å². The van der Waals surface area contributed by atoms with E-state index in [1.807, 2.05) is 10.4 Å². The Balaban J connectivity index is 2.56. The van der Waals surface area contributed by atoms with Crippen molar-refractivity contribution in [1.29, 1.82) is 0 Å². The molecule has 0 aliphatic carbocycles. The second-order valence-corrected chi connectivity index (χ2v) is 4.87. The molecular weight excluding hydrogens is 304 g/mol. The summed E-state index contributed by atoms with van der Waals surface area (Å²) in [6.45, 7) is 1.39. The van der Waals surface area contributed by atoms with Crippen LogP contribution in [0.5, 0.6) is 0 Å². The molecule has 0 radical (unpaired) electrons. The number of aromatic nitrogens is 3. The molecule has 1 aliphatic heterocycles. The minimum atomic E-state index is -1.76. The van der Waals surface area contributed by atoms with Crippen molar-refractivity contribution in [2.24, 2.45) is 5.73 Å². The number of halogens is 1. The normalized spacial score (nSPS) is 33.3. The standard InChI is InChI=1S/C11H13ClN4O5/c1-5(17)6-7(18)11(13,2-3-12)8(21-6)16-4-14-9(19)15-10(16)20/h4-8,17-18H,13H2,1H3,(H,15,19,20)/t5-,6+,7-,8+,11?/m0/s1. The first-order valence-corrected chi connectivity index (χ1v) is 6.29. The molecule has 5 atom stereocenters. The Bertz CT molecular complexity index is 705. The molecule has 0 aromatic carbocycles. The van der Waals surface area contributed by atoms with Crippen LogP contribution in [-0.2, 0) is 4.74 Å². The van der Waals surface area contributed by atoms with E-state index in [-0.39, 0.29) is 0 Å². The van der Waals surface area contributed by atoms with E-state index in [1.165, 1.54) is 6.92 Å². The largest absolute Gasteiger partial charge is 0.391 e. The predicted octanol–water partition coefficient (Wildman–Crippen LogP) is -2.53. The van der Waals surface area contributed by atoms with Crippen LogP contribution in [0.2, 0.25) is 0 Å². The zero-order chi connectivity index (χ0) is 15.8. The summed E-state index contributed by atoms with van der Waals surface area (Å²) < 4.78 is 6.29. The van der Waals surface area contributed by atoms with Crippen molar-refractivity contribution in [3.63, 3.8) is 0 Å². The average Bonchev–Trinajstić information content (AvgIpc) is 2.64. The maximum Gasteiger partial charge on any atom is 0.350 e. The third-order valence-electron chi connectivity index (χ3n) is 3.23. The molecule has 0 spiro atoms. The number of aromatic amines is 1. The molecule has 0 bridgehead atoms. The number of aliphatic hydroxyl groups is 2. The lowest BCUT2D eigenvalue weighted by Crippen LogP contribution is -2.55. The zero-order valence-electron chi connectivity index (χ0n) is 10.9. The van der Waals surface area contributed by atoms with Gasteiger partial charge >= 0.3 is 11.4 Å². The topological polar surface area (TPSA) is 143 Å². The van der Waals surface area contributed by atoms with Gasteiger partial charge in [-0.05, 0) is 18.5 Å². The van der Waals surface area contributed by atoms with E-state index in [0.29, 0.717) is 0 Å². The van der Waals surface area contributed by atoms with Crippen molar-refractivity contribution >= 4 is 11.6 Å². The number of nitrogens with one attached hydrogen (secondary N) is 1. The molecule has 114 valence electrons. The first-order valence-electron chi connectivity index (χ1n) is 5.92. The van der Waals surface area contributed by atoms with Crippen LogP contribution in [-0.4, -0.2) is 48.6 Å². The SMILES string of the molecule is C[C@H](O)[C@H]1O[C@@H](n2cnc(=O)[nH]c2=O)C(N)(C#CCl)[C@H]1O. The van der Waals surface area contributed by atoms with E-state index in [1.54, 1.807) is 0 Å². The number of nitrogens with two attached hydrogens (primary N) is 1. The summed E-state index contributed by atoms with van der Waals surface area (Å²) in [5.74, 6) is 2.37. The van der Waals surface area contributed by atoms with Crippen molar-refractivity contribution in [3.05, 3.63) is 27.3 Å². The molecule has 10 heteroatoms. The minimum Gasteiger partial charge on any atom is -0.391 e. The zero-order valence-corrected chi connectivity index (χ0v) is 11.6. The van der Waals surface area contributed by atoms with Gasteiger partial charge in [-0.25, -0.2) is 9.59 Å². The number of rotatable bonds is 2. The predicted molar refractivity (Wildman–Crippen MR) is 71.3 cm³/mol. The Morgan fingerprint density at radius 3 is 2.86 bits per heavy atom. The van der Waals surface area contributed by atoms with Gasteiger partial charge in [-0.3, -0.25) is 9.55 Å². The van der Waals surface area contributed by atoms with Gasteiger partial charge in [0, 0.05) is 5.38 Å². The minimum absolute atomic E-state index is 0.840. The molecule has 0 amide bonds. The highest BCUT2D eigenvalue weighted by Crippen LogP contribution is 2.36. The maximum atomic E-state index is 11.8. The Hall–Kier alpha value is -1.70. The monoisotopic (exact) mass is 316 g/mol. The van der Waals surface area contributed by atoms with Crippen LogP contribution in [0.4, 0.5) is 0 Å². The highest BCUT2D eigenvalue weighted by Gasteiger charge is 2.56. The van der Waals surface area contributed by atoms with Crippen LogP contribution in [0.1, 0.15) is 13.2 Å². The fourth-order valence-corrected chi connectivity index (χ4v) is 2.33. The maximum absolute atomic E-state index is 11.8.